The summed E-state index contributed by atoms with van der Waals surface area (Å²) in [6.45, 7) is 2.65. The van der Waals surface area contributed by atoms with Gasteiger partial charge in [-0.25, -0.2) is 12.8 Å². The molecule has 0 unspecified atom stereocenters. The van der Waals surface area contributed by atoms with E-state index in [2.05, 4.69) is 5.32 Å². The minimum absolute atomic E-state index is 0.0118. The van der Waals surface area contributed by atoms with Crippen LogP contribution in [0.3, 0.4) is 0 Å². The molecular weight excluding hydrogens is 474 g/mol. The van der Waals surface area contributed by atoms with Crippen molar-refractivity contribution in [2.24, 2.45) is 0 Å². The number of halogens is 3. The predicted octanol–water partition coefficient (Wildman–Crippen LogP) is 5.58. The van der Waals surface area contributed by atoms with Crippen molar-refractivity contribution in [1.29, 1.82) is 0 Å². The maximum atomic E-state index is 14.4. The second kappa shape index (κ2) is 10.0. The molecule has 32 heavy (non-hydrogen) atoms. The maximum absolute atomic E-state index is 14.4. The molecule has 3 aromatic carbocycles. The van der Waals surface area contributed by atoms with Gasteiger partial charge in [-0.3, -0.25) is 4.79 Å². The number of amides is 1. The van der Waals surface area contributed by atoms with Crippen LogP contribution in [0.15, 0.2) is 65.6 Å². The van der Waals surface area contributed by atoms with Crippen molar-refractivity contribution in [3.8, 4) is 0 Å². The number of carbonyl (C=O) groups is 1. The van der Waals surface area contributed by atoms with Gasteiger partial charge in [-0.05, 0) is 55.8 Å². The summed E-state index contributed by atoms with van der Waals surface area (Å²) in [5, 5.41) is 3.17. The highest BCUT2D eigenvalue weighted by atomic mass is 35.5. The van der Waals surface area contributed by atoms with Gasteiger partial charge in [-0.2, -0.15) is 4.31 Å². The lowest BCUT2D eigenvalue weighted by atomic mass is 10.2. The summed E-state index contributed by atoms with van der Waals surface area (Å²) in [6, 6.07) is 15.3. The van der Waals surface area contributed by atoms with Crippen LogP contribution < -0.4 is 5.32 Å². The number of carbonyl (C=O) groups excluding carboxylic acids is 1. The Balaban J connectivity index is 1.95. The Hall–Kier alpha value is -2.45. The standard InChI is InChI=1S/C23H21Cl2FN2O3S/c1-15-6-10-18(11-7-15)32(30,31)28(13-19-20(25)4-3-5-21(19)26)14-23(29)27-22-12-17(24)9-8-16(22)2/h3-12H,13-14H2,1-2H3,(H,27,29). The van der Waals surface area contributed by atoms with Gasteiger partial charge in [0.1, 0.15) is 5.82 Å². The molecule has 0 saturated carbocycles. The Bertz CT molecular complexity index is 1230. The van der Waals surface area contributed by atoms with E-state index in [0.717, 1.165) is 15.4 Å². The van der Waals surface area contributed by atoms with Gasteiger partial charge < -0.3 is 5.32 Å². The second-order valence-electron chi connectivity index (χ2n) is 7.29. The Morgan fingerprint density at radius 2 is 1.72 bits per heavy atom. The zero-order chi connectivity index (χ0) is 23.5. The van der Waals surface area contributed by atoms with E-state index >= 15 is 0 Å². The highest BCUT2D eigenvalue weighted by Gasteiger charge is 2.28. The molecule has 0 fully saturated rings. The fourth-order valence-corrected chi connectivity index (χ4v) is 4.78. The van der Waals surface area contributed by atoms with E-state index in [4.69, 9.17) is 23.2 Å². The third-order valence-corrected chi connectivity index (χ3v) is 7.24. The van der Waals surface area contributed by atoms with Gasteiger partial charge in [0.2, 0.25) is 15.9 Å². The first-order chi connectivity index (χ1) is 15.1. The number of aryl methyl sites for hydroxylation is 2. The Morgan fingerprint density at radius 1 is 1.03 bits per heavy atom. The molecule has 0 bridgehead atoms. The highest BCUT2D eigenvalue weighted by molar-refractivity contribution is 7.89. The molecule has 1 amide bonds. The summed E-state index contributed by atoms with van der Waals surface area (Å²) in [5.74, 6) is -1.26. The van der Waals surface area contributed by atoms with E-state index in [1.807, 2.05) is 6.92 Å². The molecule has 3 aromatic rings. The van der Waals surface area contributed by atoms with Gasteiger partial charge in [0.25, 0.3) is 0 Å². The van der Waals surface area contributed by atoms with E-state index in [0.29, 0.717) is 10.7 Å². The molecule has 0 atom stereocenters. The van der Waals surface area contributed by atoms with Crippen molar-refractivity contribution < 1.29 is 17.6 Å². The minimum atomic E-state index is -4.13. The first kappa shape index (κ1) is 24.2. The molecule has 0 heterocycles. The molecule has 3 rings (SSSR count). The summed E-state index contributed by atoms with van der Waals surface area (Å²) in [4.78, 5) is 12.8. The zero-order valence-corrected chi connectivity index (χ0v) is 19.7. The zero-order valence-electron chi connectivity index (χ0n) is 17.4. The van der Waals surface area contributed by atoms with Crippen LogP contribution in [-0.4, -0.2) is 25.2 Å². The van der Waals surface area contributed by atoms with Crippen molar-refractivity contribution in [3.05, 3.63) is 93.2 Å². The first-order valence-corrected chi connectivity index (χ1v) is 11.8. The van der Waals surface area contributed by atoms with Gasteiger partial charge >= 0.3 is 0 Å². The number of sulfonamides is 1. The topological polar surface area (TPSA) is 66.5 Å². The van der Waals surface area contributed by atoms with Crippen LogP contribution in [0.5, 0.6) is 0 Å². The highest BCUT2D eigenvalue weighted by Crippen LogP contribution is 2.25. The summed E-state index contributed by atoms with van der Waals surface area (Å²) in [6.07, 6.45) is 0. The van der Waals surface area contributed by atoms with E-state index < -0.39 is 34.8 Å². The number of hydrogen-bond acceptors (Lipinski definition) is 3. The van der Waals surface area contributed by atoms with Crippen molar-refractivity contribution in [2.45, 2.75) is 25.3 Å². The fourth-order valence-electron chi connectivity index (χ4n) is 3.02. The van der Waals surface area contributed by atoms with Crippen LogP contribution in [0, 0.1) is 19.7 Å². The molecular formula is C23H21Cl2FN2O3S. The van der Waals surface area contributed by atoms with E-state index in [9.17, 15) is 17.6 Å². The number of nitrogens with zero attached hydrogens (tertiary/aromatic N) is 1. The van der Waals surface area contributed by atoms with Gasteiger partial charge in [0.15, 0.2) is 0 Å². The molecule has 0 aromatic heterocycles. The van der Waals surface area contributed by atoms with Crippen molar-refractivity contribution >= 4 is 44.8 Å². The van der Waals surface area contributed by atoms with Crippen LogP contribution in [0.25, 0.3) is 0 Å². The normalized spacial score (nSPS) is 11.6. The molecule has 9 heteroatoms. The molecule has 1 N–H and O–H groups in total. The molecule has 0 saturated heterocycles. The number of rotatable bonds is 7. The number of benzene rings is 3. The lowest BCUT2D eigenvalue weighted by molar-refractivity contribution is -0.116. The quantitative estimate of drug-likeness (QED) is 0.466. The number of hydrogen-bond donors (Lipinski definition) is 1. The Kier molecular flexibility index (Phi) is 7.56. The predicted molar refractivity (Wildman–Crippen MR) is 125 cm³/mol. The van der Waals surface area contributed by atoms with Gasteiger partial charge in [-0.1, -0.05) is 53.0 Å². The molecule has 0 radical (unpaired) electrons. The van der Waals surface area contributed by atoms with Crippen molar-refractivity contribution in [2.75, 3.05) is 11.9 Å². The van der Waals surface area contributed by atoms with Gasteiger partial charge in [0.05, 0.1) is 11.4 Å². The van der Waals surface area contributed by atoms with Crippen molar-refractivity contribution in [1.82, 2.24) is 4.31 Å². The van der Waals surface area contributed by atoms with E-state index in [-0.39, 0.29) is 15.5 Å². The maximum Gasteiger partial charge on any atom is 0.243 e. The summed E-state index contributed by atoms with van der Waals surface area (Å²) < 4.78 is 42.0. The summed E-state index contributed by atoms with van der Waals surface area (Å²) in [5.41, 5.74) is 2.07. The third-order valence-electron chi connectivity index (χ3n) is 4.85. The van der Waals surface area contributed by atoms with Crippen LogP contribution in [-0.2, 0) is 21.4 Å². The third kappa shape index (κ3) is 5.66. The first-order valence-electron chi connectivity index (χ1n) is 9.63. The van der Waals surface area contributed by atoms with Gasteiger partial charge in [-0.15, -0.1) is 0 Å². The fraction of sp³-hybridized carbons (Fsp3) is 0.174. The minimum Gasteiger partial charge on any atom is -0.325 e. The van der Waals surface area contributed by atoms with Crippen molar-refractivity contribution in [3.63, 3.8) is 0 Å². The molecule has 5 nitrogen and oxygen atoms in total. The van der Waals surface area contributed by atoms with Crippen LogP contribution in [0.4, 0.5) is 10.1 Å². The van der Waals surface area contributed by atoms with E-state index in [1.165, 1.54) is 30.3 Å². The average molecular weight is 495 g/mol. The molecule has 168 valence electrons. The number of anilines is 1. The van der Waals surface area contributed by atoms with E-state index in [1.54, 1.807) is 37.3 Å². The van der Waals surface area contributed by atoms with Crippen LogP contribution in [0.1, 0.15) is 16.7 Å². The van der Waals surface area contributed by atoms with Gasteiger partial charge in [0, 0.05) is 27.8 Å². The number of nitrogens with one attached hydrogen (secondary N) is 1. The smallest absolute Gasteiger partial charge is 0.243 e. The SMILES string of the molecule is Cc1ccc(S(=O)(=O)N(CC(=O)Nc2cc(Cl)ccc2C)Cc2c(F)cccc2Cl)cc1. The largest absolute Gasteiger partial charge is 0.325 e. The monoisotopic (exact) mass is 494 g/mol. The molecule has 0 aliphatic rings. The van der Waals surface area contributed by atoms with Crippen LogP contribution in [0.2, 0.25) is 10.0 Å². The Labute approximate surface area is 196 Å². The second-order valence-corrected chi connectivity index (χ2v) is 10.1. The summed E-state index contributed by atoms with van der Waals surface area (Å²) >= 11 is 12.1. The average Bonchev–Trinajstić information content (AvgIpc) is 2.73. The summed E-state index contributed by atoms with van der Waals surface area (Å²) in [7, 11) is -4.13. The lowest BCUT2D eigenvalue weighted by Gasteiger charge is -2.23. The Morgan fingerprint density at radius 3 is 2.38 bits per heavy atom. The lowest BCUT2D eigenvalue weighted by Crippen LogP contribution is -2.38. The molecule has 0 aliphatic heterocycles. The molecule has 0 spiro atoms. The van der Waals surface area contributed by atoms with Crippen LogP contribution >= 0.6 is 23.2 Å². The molecule has 0 aliphatic carbocycles.